The molecule has 2 amide bonds. The number of benzene rings is 5. The van der Waals surface area contributed by atoms with E-state index in [4.69, 9.17) is 4.74 Å². The van der Waals surface area contributed by atoms with Crippen molar-refractivity contribution in [2.75, 3.05) is 31.6 Å². The molecule has 0 unspecified atom stereocenters. The van der Waals surface area contributed by atoms with Crippen molar-refractivity contribution in [1.29, 1.82) is 0 Å². The summed E-state index contributed by atoms with van der Waals surface area (Å²) in [4.78, 5) is 29.3. The van der Waals surface area contributed by atoms with Gasteiger partial charge in [-0.2, -0.15) is 0 Å². The second-order valence-electron chi connectivity index (χ2n) is 15.5. The van der Waals surface area contributed by atoms with Gasteiger partial charge in [-0.25, -0.2) is 9.18 Å². The number of aliphatic hydroxyl groups is 2. The first kappa shape index (κ1) is 41.5. The van der Waals surface area contributed by atoms with Gasteiger partial charge in [0, 0.05) is 29.6 Å². The van der Waals surface area contributed by atoms with Crippen LogP contribution in [-0.4, -0.2) is 76.4 Å². The van der Waals surface area contributed by atoms with Crippen molar-refractivity contribution in [2.24, 2.45) is 0 Å². The Morgan fingerprint density at radius 2 is 1.37 bits per heavy atom. The van der Waals surface area contributed by atoms with Crippen molar-refractivity contribution < 1.29 is 28.9 Å². The molecule has 0 radical (unpaired) electrons. The number of amides is 2. The van der Waals surface area contributed by atoms with Crippen LogP contribution in [0, 0.1) is 5.82 Å². The third kappa shape index (κ3) is 10.4. The zero-order valence-corrected chi connectivity index (χ0v) is 33.6. The molecule has 0 aliphatic carbocycles. The van der Waals surface area contributed by atoms with E-state index in [9.17, 15) is 24.2 Å². The van der Waals surface area contributed by atoms with Crippen LogP contribution in [0.2, 0.25) is 0 Å². The Hall–Kier alpha value is -5.16. The maximum absolute atomic E-state index is 13.9. The van der Waals surface area contributed by atoms with E-state index in [-0.39, 0.29) is 23.2 Å². The summed E-state index contributed by atoms with van der Waals surface area (Å²) < 4.78 is 19.0. The number of carbonyl (C=O) groups excluding carboxylic acids is 2. The van der Waals surface area contributed by atoms with E-state index >= 15 is 0 Å². The molecule has 2 atom stereocenters. The van der Waals surface area contributed by atoms with Crippen molar-refractivity contribution in [3.63, 3.8) is 0 Å². The number of hydrogen-bond donors (Lipinski definition) is 4. The topological polar surface area (TPSA) is 111 Å². The number of ether oxygens (including phenoxy) is 1. The molecule has 8 nitrogen and oxygen atoms in total. The smallest absolute Gasteiger partial charge is 0.410 e. The average molecular weight is 790 g/mol. The van der Waals surface area contributed by atoms with Crippen LogP contribution in [0.3, 0.4) is 0 Å². The minimum absolute atomic E-state index is 0.0222. The zero-order chi connectivity index (χ0) is 40.4. The van der Waals surface area contributed by atoms with E-state index in [1.807, 2.05) is 67.8 Å². The fourth-order valence-corrected chi connectivity index (χ4v) is 9.23. The van der Waals surface area contributed by atoms with E-state index < -0.39 is 35.5 Å². The lowest BCUT2D eigenvalue weighted by atomic mass is 9.84. The van der Waals surface area contributed by atoms with Crippen LogP contribution in [0.4, 0.5) is 14.9 Å². The van der Waals surface area contributed by atoms with Gasteiger partial charge < -0.3 is 30.5 Å². The lowest BCUT2D eigenvalue weighted by Gasteiger charge is -2.37. The highest BCUT2D eigenvalue weighted by Gasteiger charge is 2.45. The Morgan fingerprint density at radius 3 is 1.89 bits per heavy atom. The summed E-state index contributed by atoms with van der Waals surface area (Å²) in [5, 5.41) is 25.6. The highest BCUT2D eigenvalue weighted by molar-refractivity contribution is 8.01. The Labute approximate surface area is 339 Å². The predicted octanol–water partition coefficient (Wildman–Crippen LogP) is 8.21. The average Bonchev–Trinajstić information content (AvgIpc) is 3.64. The van der Waals surface area contributed by atoms with Gasteiger partial charge in [0.15, 0.2) is 0 Å². The molecule has 1 fully saturated rings. The summed E-state index contributed by atoms with van der Waals surface area (Å²) >= 11 is 1.85. The minimum atomic E-state index is -0.816. The number of thioether (sulfide) groups is 1. The molecule has 0 aromatic heterocycles. The molecule has 5 aromatic rings. The molecular weight excluding hydrogens is 738 g/mol. The SMILES string of the molecule is CC(C)(C)OC(=O)N1C[C@@H](SC(c2ccccc2)(c2ccccc2)c2ccccc2)C[C@H]1CNc1ccc(CCc2ccc(F)cc2)c(C(=O)NC(CO)CO)c1. The number of hydrogen-bond acceptors (Lipinski definition) is 7. The minimum Gasteiger partial charge on any atom is -0.444 e. The second-order valence-corrected chi connectivity index (χ2v) is 17.0. The van der Waals surface area contributed by atoms with Gasteiger partial charge in [0.05, 0.1) is 30.0 Å². The predicted molar refractivity (Wildman–Crippen MR) is 226 cm³/mol. The van der Waals surface area contributed by atoms with E-state index in [2.05, 4.69) is 83.4 Å². The summed E-state index contributed by atoms with van der Waals surface area (Å²) in [6.45, 7) is 5.66. The van der Waals surface area contributed by atoms with Gasteiger partial charge in [-0.3, -0.25) is 4.79 Å². The molecule has 0 saturated carbocycles. The summed E-state index contributed by atoms with van der Waals surface area (Å²) in [6, 6.07) is 42.4. The van der Waals surface area contributed by atoms with Crippen LogP contribution < -0.4 is 10.6 Å². The van der Waals surface area contributed by atoms with Crippen LogP contribution in [0.1, 0.15) is 65.4 Å². The molecule has 1 saturated heterocycles. The van der Waals surface area contributed by atoms with Crippen LogP contribution in [-0.2, 0) is 22.3 Å². The zero-order valence-electron chi connectivity index (χ0n) is 32.7. The molecule has 57 heavy (non-hydrogen) atoms. The summed E-state index contributed by atoms with van der Waals surface area (Å²) in [7, 11) is 0. The van der Waals surface area contributed by atoms with Crippen LogP contribution in [0.5, 0.6) is 0 Å². The number of carbonyl (C=O) groups is 2. The van der Waals surface area contributed by atoms with Gasteiger partial charge in [0.25, 0.3) is 5.91 Å². The molecule has 10 heteroatoms. The van der Waals surface area contributed by atoms with Crippen LogP contribution >= 0.6 is 11.8 Å². The van der Waals surface area contributed by atoms with Gasteiger partial charge in [-0.15, -0.1) is 11.8 Å². The van der Waals surface area contributed by atoms with Gasteiger partial charge in [0.1, 0.15) is 11.4 Å². The first-order valence-corrected chi connectivity index (χ1v) is 20.3. The number of aryl methyl sites for hydroxylation is 2. The number of nitrogens with zero attached hydrogens (tertiary/aromatic N) is 1. The number of rotatable bonds is 15. The quantitative estimate of drug-likeness (QED) is 0.0792. The third-order valence-electron chi connectivity index (χ3n) is 10.2. The Kier molecular flexibility index (Phi) is 13.7. The number of aliphatic hydroxyl groups excluding tert-OH is 2. The fraction of sp³-hybridized carbons (Fsp3) is 0.319. The van der Waals surface area contributed by atoms with E-state index in [1.165, 1.54) is 12.1 Å². The van der Waals surface area contributed by atoms with E-state index in [0.29, 0.717) is 43.6 Å². The molecule has 6 rings (SSSR count). The highest BCUT2D eigenvalue weighted by Crippen LogP contribution is 2.52. The fourth-order valence-electron chi connectivity index (χ4n) is 7.36. The van der Waals surface area contributed by atoms with Gasteiger partial charge >= 0.3 is 6.09 Å². The van der Waals surface area contributed by atoms with Crippen molar-refractivity contribution in [3.8, 4) is 0 Å². The second kappa shape index (κ2) is 18.9. The first-order valence-electron chi connectivity index (χ1n) is 19.5. The molecule has 0 spiro atoms. The maximum atomic E-state index is 13.9. The number of halogens is 1. The standard InChI is InChI=1S/C47H52FN3O5S/c1-46(2,3)56-45(55)51-30-42(57-47(35-13-7-4-8-14-35,36-15-9-5-10-16-36)37-17-11-6-12-18-37)28-41(51)29-49-39-26-23-34(22-19-33-20-24-38(48)25-21-33)43(27-39)44(54)50-40(31-52)32-53/h4-18,20-21,23-27,40-42,49,52-53H,19,22,28-32H2,1-3H3,(H,50,54)/t41-,42-/m0/s1. The normalized spacial score (nSPS) is 15.7. The molecule has 298 valence electrons. The molecule has 5 aromatic carbocycles. The van der Waals surface area contributed by atoms with Crippen molar-refractivity contribution in [1.82, 2.24) is 10.2 Å². The Bertz CT molecular complexity index is 1960. The summed E-state index contributed by atoms with van der Waals surface area (Å²) in [6.07, 6.45) is 1.40. The van der Waals surface area contributed by atoms with Crippen molar-refractivity contribution in [2.45, 2.75) is 67.7 Å². The first-order chi connectivity index (χ1) is 27.5. The monoisotopic (exact) mass is 789 g/mol. The highest BCUT2D eigenvalue weighted by atomic mass is 32.2. The van der Waals surface area contributed by atoms with Gasteiger partial charge in [0.2, 0.25) is 0 Å². The lowest BCUT2D eigenvalue weighted by molar-refractivity contribution is 0.0235. The number of likely N-dealkylation sites (tertiary alicyclic amines) is 1. The Balaban J connectivity index is 1.29. The van der Waals surface area contributed by atoms with Crippen LogP contribution in [0.25, 0.3) is 0 Å². The molecule has 1 aliphatic rings. The van der Waals surface area contributed by atoms with E-state index in [0.717, 1.165) is 27.8 Å². The molecule has 1 heterocycles. The van der Waals surface area contributed by atoms with Gasteiger partial charge in [-0.1, -0.05) is 109 Å². The number of anilines is 1. The van der Waals surface area contributed by atoms with E-state index in [1.54, 1.807) is 18.2 Å². The Morgan fingerprint density at radius 1 is 0.807 bits per heavy atom. The van der Waals surface area contributed by atoms with Crippen molar-refractivity contribution >= 4 is 29.4 Å². The summed E-state index contributed by atoms with van der Waals surface area (Å²) in [5.74, 6) is -0.735. The summed E-state index contributed by atoms with van der Waals surface area (Å²) in [5.41, 5.74) is 5.53. The number of nitrogens with one attached hydrogen (secondary N) is 2. The van der Waals surface area contributed by atoms with Crippen LogP contribution in [0.15, 0.2) is 133 Å². The maximum Gasteiger partial charge on any atom is 0.410 e. The molecule has 0 bridgehead atoms. The lowest BCUT2D eigenvalue weighted by Crippen LogP contribution is -2.43. The largest absolute Gasteiger partial charge is 0.444 e. The molecule has 4 N–H and O–H groups in total. The third-order valence-corrected chi connectivity index (χ3v) is 11.9. The van der Waals surface area contributed by atoms with Gasteiger partial charge in [-0.05, 0) is 92.1 Å². The molecular formula is C47H52FN3O5S. The molecule has 1 aliphatic heterocycles. The van der Waals surface area contributed by atoms with Crippen molar-refractivity contribution in [3.05, 3.63) is 173 Å².